The van der Waals surface area contributed by atoms with E-state index in [0.29, 0.717) is 23.5 Å². The van der Waals surface area contributed by atoms with E-state index in [1.165, 1.54) is 0 Å². The Bertz CT molecular complexity index is 310. The average molecular weight is 182 g/mol. The molecule has 1 atom stereocenters. The van der Waals surface area contributed by atoms with Crippen LogP contribution in [0.1, 0.15) is 48.3 Å². The Morgan fingerprint density at radius 1 is 1.69 bits per heavy atom. The lowest BCUT2D eigenvalue weighted by Gasteiger charge is -1.95. The fraction of sp³-hybridized carbons (Fsp3) is 0.500. The zero-order valence-corrected chi connectivity index (χ0v) is 8.13. The summed E-state index contributed by atoms with van der Waals surface area (Å²) in [5.74, 6) is 1.09. The van der Waals surface area contributed by atoms with Crippen LogP contribution in [0.3, 0.4) is 0 Å². The lowest BCUT2D eigenvalue weighted by Crippen LogP contribution is -1.95. The van der Waals surface area contributed by atoms with Crippen LogP contribution in [0, 0.1) is 6.92 Å². The van der Waals surface area contributed by atoms with Crippen molar-refractivity contribution in [3.63, 3.8) is 0 Å². The quantitative estimate of drug-likeness (QED) is 0.729. The summed E-state index contributed by atoms with van der Waals surface area (Å²) in [7, 11) is 0. The number of carbonyl (C=O) groups excluding carboxylic acids is 1. The standard InChI is InChI=1S/C10H14O3/c1-4-9(12)8-5-10(6(2)11)13-7(8)3/h5-6,11H,4H2,1-3H3/t6-/m0/s1. The maximum Gasteiger partial charge on any atom is 0.166 e. The van der Waals surface area contributed by atoms with Crippen molar-refractivity contribution in [1.82, 2.24) is 0 Å². The number of hydrogen-bond donors (Lipinski definition) is 1. The van der Waals surface area contributed by atoms with Gasteiger partial charge in [0.25, 0.3) is 0 Å². The van der Waals surface area contributed by atoms with Gasteiger partial charge in [0, 0.05) is 6.42 Å². The highest BCUT2D eigenvalue weighted by molar-refractivity contribution is 5.96. The molecule has 1 heterocycles. The monoisotopic (exact) mass is 182 g/mol. The second-order valence-corrected chi connectivity index (χ2v) is 3.07. The molecule has 1 aromatic heterocycles. The average Bonchev–Trinajstić information content (AvgIpc) is 2.46. The fourth-order valence-electron chi connectivity index (χ4n) is 1.18. The predicted octanol–water partition coefficient (Wildman–Crippen LogP) is 2.23. The smallest absolute Gasteiger partial charge is 0.166 e. The van der Waals surface area contributed by atoms with Crippen LogP contribution in [0.4, 0.5) is 0 Å². The number of hydrogen-bond acceptors (Lipinski definition) is 3. The normalized spacial score (nSPS) is 12.9. The molecule has 0 aliphatic heterocycles. The van der Waals surface area contributed by atoms with E-state index in [4.69, 9.17) is 4.42 Å². The summed E-state index contributed by atoms with van der Waals surface area (Å²) < 4.78 is 5.23. The van der Waals surface area contributed by atoms with Crippen LogP contribution in [0.25, 0.3) is 0 Å². The predicted molar refractivity (Wildman–Crippen MR) is 48.7 cm³/mol. The van der Waals surface area contributed by atoms with Gasteiger partial charge in [-0.05, 0) is 19.9 Å². The molecule has 1 rings (SSSR count). The molecule has 1 N–H and O–H groups in total. The molecule has 72 valence electrons. The van der Waals surface area contributed by atoms with Crippen LogP contribution in [0.2, 0.25) is 0 Å². The lowest BCUT2D eigenvalue weighted by atomic mass is 10.1. The third kappa shape index (κ3) is 1.98. The fourth-order valence-corrected chi connectivity index (χ4v) is 1.18. The number of aliphatic hydroxyl groups is 1. The molecule has 0 aliphatic carbocycles. The Balaban J connectivity index is 3.03. The number of rotatable bonds is 3. The second-order valence-electron chi connectivity index (χ2n) is 3.07. The molecule has 13 heavy (non-hydrogen) atoms. The molecule has 0 saturated carbocycles. The van der Waals surface area contributed by atoms with Gasteiger partial charge in [-0.2, -0.15) is 0 Å². The summed E-state index contributed by atoms with van der Waals surface area (Å²) >= 11 is 0. The first-order chi connectivity index (χ1) is 6.06. The molecule has 1 aromatic rings. The number of aryl methyl sites for hydroxylation is 1. The summed E-state index contributed by atoms with van der Waals surface area (Å²) in [4.78, 5) is 11.3. The molecule has 3 nitrogen and oxygen atoms in total. The zero-order chi connectivity index (χ0) is 10.0. The van der Waals surface area contributed by atoms with Crippen LogP contribution in [-0.2, 0) is 0 Å². The number of carbonyl (C=O) groups is 1. The van der Waals surface area contributed by atoms with Crippen LogP contribution < -0.4 is 0 Å². The van der Waals surface area contributed by atoms with Crippen LogP contribution in [-0.4, -0.2) is 10.9 Å². The minimum Gasteiger partial charge on any atom is -0.463 e. The van der Waals surface area contributed by atoms with Gasteiger partial charge in [0.2, 0.25) is 0 Å². The van der Waals surface area contributed by atoms with Crippen LogP contribution >= 0.6 is 0 Å². The minimum atomic E-state index is -0.655. The van der Waals surface area contributed by atoms with Crippen molar-refractivity contribution in [2.45, 2.75) is 33.3 Å². The summed E-state index contributed by atoms with van der Waals surface area (Å²) in [5.41, 5.74) is 0.582. The van der Waals surface area contributed by atoms with Gasteiger partial charge in [-0.25, -0.2) is 0 Å². The highest BCUT2D eigenvalue weighted by Crippen LogP contribution is 2.21. The first-order valence-corrected chi connectivity index (χ1v) is 4.37. The topological polar surface area (TPSA) is 50.4 Å². The Morgan fingerprint density at radius 3 is 2.69 bits per heavy atom. The van der Waals surface area contributed by atoms with E-state index >= 15 is 0 Å². The minimum absolute atomic E-state index is 0.0492. The van der Waals surface area contributed by atoms with E-state index in [0.717, 1.165) is 0 Å². The van der Waals surface area contributed by atoms with Gasteiger partial charge >= 0.3 is 0 Å². The number of aliphatic hydroxyl groups excluding tert-OH is 1. The second kappa shape index (κ2) is 3.75. The van der Waals surface area contributed by atoms with E-state index < -0.39 is 6.10 Å². The first kappa shape index (κ1) is 9.99. The van der Waals surface area contributed by atoms with Crippen molar-refractivity contribution < 1.29 is 14.3 Å². The van der Waals surface area contributed by atoms with E-state index in [-0.39, 0.29) is 5.78 Å². The molecule has 0 radical (unpaired) electrons. The third-order valence-electron chi connectivity index (χ3n) is 1.97. The van der Waals surface area contributed by atoms with Gasteiger partial charge in [0.05, 0.1) is 5.56 Å². The van der Waals surface area contributed by atoms with E-state index in [1.807, 2.05) is 0 Å². The summed E-state index contributed by atoms with van der Waals surface area (Å²) in [6, 6.07) is 1.62. The molecule has 0 bridgehead atoms. The van der Waals surface area contributed by atoms with Gasteiger partial charge < -0.3 is 9.52 Å². The van der Waals surface area contributed by atoms with E-state index in [2.05, 4.69) is 0 Å². The molecular formula is C10H14O3. The van der Waals surface area contributed by atoms with Crippen molar-refractivity contribution in [1.29, 1.82) is 0 Å². The van der Waals surface area contributed by atoms with Crippen molar-refractivity contribution in [3.05, 3.63) is 23.2 Å². The van der Waals surface area contributed by atoms with Crippen LogP contribution in [0.5, 0.6) is 0 Å². The molecule has 0 unspecified atom stereocenters. The molecule has 3 heteroatoms. The molecule has 0 saturated heterocycles. The lowest BCUT2D eigenvalue weighted by molar-refractivity contribution is 0.0986. The zero-order valence-electron chi connectivity index (χ0n) is 8.13. The SMILES string of the molecule is CCC(=O)c1cc([C@H](C)O)oc1C. The maximum absolute atomic E-state index is 11.3. The van der Waals surface area contributed by atoms with Gasteiger partial charge in [-0.15, -0.1) is 0 Å². The maximum atomic E-state index is 11.3. The van der Waals surface area contributed by atoms with Crippen LogP contribution in [0.15, 0.2) is 10.5 Å². The van der Waals surface area contributed by atoms with E-state index in [1.54, 1.807) is 26.8 Å². The largest absolute Gasteiger partial charge is 0.463 e. The highest BCUT2D eigenvalue weighted by Gasteiger charge is 2.15. The van der Waals surface area contributed by atoms with Crippen molar-refractivity contribution in [2.24, 2.45) is 0 Å². The first-order valence-electron chi connectivity index (χ1n) is 4.37. The molecule has 0 spiro atoms. The Labute approximate surface area is 77.4 Å². The Kier molecular flexibility index (Phi) is 2.88. The summed E-state index contributed by atoms with van der Waals surface area (Å²) in [6.07, 6.45) is -0.197. The molecule has 0 aromatic carbocycles. The van der Waals surface area contributed by atoms with Crippen molar-refractivity contribution in [3.8, 4) is 0 Å². The van der Waals surface area contributed by atoms with Crippen molar-refractivity contribution >= 4 is 5.78 Å². The number of Topliss-reactive ketones (excluding diaryl/α,β-unsaturated/α-hetero) is 1. The molecular weight excluding hydrogens is 168 g/mol. The Hall–Kier alpha value is -1.09. The highest BCUT2D eigenvalue weighted by atomic mass is 16.4. The van der Waals surface area contributed by atoms with Crippen molar-refractivity contribution in [2.75, 3.05) is 0 Å². The van der Waals surface area contributed by atoms with Gasteiger partial charge in [0.15, 0.2) is 5.78 Å². The van der Waals surface area contributed by atoms with Gasteiger partial charge in [-0.1, -0.05) is 6.92 Å². The third-order valence-corrected chi connectivity index (χ3v) is 1.97. The summed E-state index contributed by atoms with van der Waals surface area (Å²) in [5, 5.41) is 9.21. The molecule has 0 aliphatic rings. The van der Waals surface area contributed by atoms with Gasteiger partial charge in [0.1, 0.15) is 17.6 Å². The Morgan fingerprint density at radius 2 is 2.31 bits per heavy atom. The van der Waals surface area contributed by atoms with E-state index in [9.17, 15) is 9.90 Å². The summed E-state index contributed by atoms with van der Waals surface area (Å²) in [6.45, 7) is 5.14. The van der Waals surface area contributed by atoms with Gasteiger partial charge in [-0.3, -0.25) is 4.79 Å². The number of ketones is 1. The molecule has 0 fully saturated rings. The molecule has 0 amide bonds. The number of furan rings is 1.